The molecule has 6 rings (SSSR count). The van der Waals surface area contributed by atoms with Crippen molar-refractivity contribution >= 4 is 22.8 Å². The van der Waals surface area contributed by atoms with Crippen molar-refractivity contribution in [2.45, 2.75) is 24.3 Å². The highest BCUT2D eigenvalue weighted by molar-refractivity contribution is 7.98. The first-order chi connectivity index (χ1) is 19.7. The van der Waals surface area contributed by atoms with Crippen molar-refractivity contribution in [3.63, 3.8) is 0 Å². The van der Waals surface area contributed by atoms with Gasteiger partial charge in [-0.1, -0.05) is 54.2 Å². The van der Waals surface area contributed by atoms with Crippen LogP contribution in [0.15, 0.2) is 90.2 Å². The number of para-hydroxylation sites is 2. The summed E-state index contributed by atoms with van der Waals surface area (Å²) in [5, 5.41) is 15.1. The van der Waals surface area contributed by atoms with Gasteiger partial charge < -0.3 is 14.5 Å². The number of nitrogens with one attached hydrogen (secondary N) is 2. The van der Waals surface area contributed by atoms with E-state index in [1.807, 2.05) is 79.7 Å². The van der Waals surface area contributed by atoms with E-state index in [1.165, 1.54) is 0 Å². The molecule has 0 saturated heterocycles. The molecule has 40 heavy (non-hydrogen) atoms. The molecule has 0 aliphatic carbocycles. The fraction of sp³-hybridized carbons (Fsp3) is 0.167. The van der Waals surface area contributed by atoms with E-state index in [0.29, 0.717) is 24.8 Å². The van der Waals surface area contributed by atoms with Crippen LogP contribution < -0.4 is 9.47 Å². The van der Waals surface area contributed by atoms with Gasteiger partial charge in [-0.2, -0.15) is 5.21 Å². The first-order valence-corrected chi connectivity index (χ1v) is 13.9. The topological polar surface area (TPSA) is 114 Å². The third-order valence-electron chi connectivity index (χ3n) is 6.44. The molecule has 0 aliphatic heterocycles. The van der Waals surface area contributed by atoms with Gasteiger partial charge in [-0.3, -0.25) is 4.98 Å². The van der Waals surface area contributed by atoms with Crippen molar-refractivity contribution in [3.05, 3.63) is 96.3 Å². The number of H-pyrrole nitrogens is 2. The predicted molar refractivity (Wildman–Crippen MR) is 155 cm³/mol. The van der Waals surface area contributed by atoms with Gasteiger partial charge in [0.25, 0.3) is 0 Å². The Kier molecular flexibility index (Phi) is 7.67. The molecule has 0 amide bonds. The van der Waals surface area contributed by atoms with Crippen molar-refractivity contribution in [3.8, 4) is 34.0 Å². The van der Waals surface area contributed by atoms with E-state index in [2.05, 4.69) is 41.6 Å². The lowest BCUT2D eigenvalue weighted by atomic mass is 10.0. The number of nitrogens with zero attached hydrogens (tertiary/aromatic N) is 5. The Balaban J connectivity index is 0.973. The van der Waals surface area contributed by atoms with Crippen LogP contribution in [0.5, 0.6) is 11.5 Å². The zero-order chi connectivity index (χ0) is 27.1. The Labute approximate surface area is 235 Å². The molecule has 0 atom stereocenters. The molecule has 9 nitrogen and oxygen atoms in total. The summed E-state index contributed by atoms with van der Waals surface area (Å²) in [5.41, 5.74) is 7.11. The summed E-state index contributed by atoms with van der Waals surface area (Å²) in [5.74, 6) is 2.96. The monoisotopic (exact) mass is 549 g/mol. The van der Waals surface area contributed by atoms with Crippen molar-refractivity contribution in [2.75, 3.05) is 13.2 Å². The van der Waals surface area contributed by atoms with Crippen LogP contribution in [0.3, 0.4) is 0 Å². The van der Waals surface area contributed by atoms with Gasteiger partial charge in [-0.05, 0) is 59.7 Å². The predicted octanol–water partition coefficient (Wildman–Crippen LogP) is 6.25. The highest BCUT2D eigenvalue weighted by Crippen LogP contribution is 2.28. The van der Waals surface area contributed by atoms with Crippen LogP contribution in [0, 0.1) is 6.92 Å². The quantitative estimate of drug-likeness (QED) is 0.144. The smallest absolute Gasteiger partial charge is 0.204 e. The van der Waals surface area contributed by atoms with Gasteiger partial charge in [0.1, 0.15) is 11.5 Å². The Morgan fingerprint density at radius 3 is 2.55 bits per heavy atom. The van der Waals surface area contributed by atoms with Crippen molar-refractivity contribution < 1.29 is 9.47 Å². The van der Waals surface area contributed by atoms with Crippen molar-refractivity contribution in [2.24, 2.45) is 0 Å². The number of rotatable bonds is 11. The van der Waals surface area contributed by atoms with Crippen molar-refractivity contribution in [1.29, 1.82) is 0 Å². The van der Waals surface area contributed by atoms with Crippen LogP contribution >= 0.6 is 11.8 Å². The highest BCUT2D eigenvalue weighted by atomic mass is 32.2. The van der Waals surface area contributed by atoms with Crippen molar-refractivity contribution in [1.82, 2.24) is 35.6 Å². The van der Waals surface area contributed by atoms with Crippen LogP contribution in [-0.2, 0) is 5.75 Å². The Morgan fingerprint density at radius 2 is 1.70 bits per heavy atom. The minimum atomic E-state index is 0.558. The molecule has 6 aromatic rings. The maximum Gasteiger partial charge on any atom is 0.204 e. The lowest BCUT2D eigenvalue weighted by Crippen LogP contribution is -2.06. The number of pyridine rings is 1. The summed E-state index contributed by atoms with van der Waals surface area (Å²) in [4.78, 5) is 12.5. The first-order valence-electron chi connectivity index (χ1n) is 12.9. The number of hydrogen-bond acceptors (Lipinski definition) is 8. The minimum absolute atomic E-state index is 0.558. The number of tetrazole rings is 1. The number of fused-ring (bicyclic) bond motifs is 1. The van der Waals surface area contributed by atoms with E-state index in [9.17, 15) is 0 Å². The first kappa shape index (κ1) is 25.6. The van der Waals surface area contributed by atoms with E-state index in [4.69, 9.17) is 9.47 Å². The summed E-state index contributed by atoms with van der Waals surface area (Å²) in [6.45, 7) is 3.17. The number of benzene rings is 3. The molecule has 0 unspecified atom stereocenters. The minimum Gasteiger partial charge on any atom is -0.493 e. The fourth-order valence-electron chi connectivity index (χ4n) is 4.29. The second-order valence-electron chi connectivity index (χ2n) is 9.12. The van der Waals surface area contributed by atoms with E-state index in [-0.39, 0.29) is 0 Å². The van der Waals surface area contributed by atoms with Crippen LogP contribution in [0.25, 0.3) is 33.5 Å². The molecular formula is C30H27N7O2S. The SMILES string of the molecule is Cc1c(OCCCOc2ccc(-c3cccc(-c4nn[nH]n4)c3)cc2)ccnc1CSc1nc2ccccc2[nH]1. The molecule has 3 aromatic carbocycles. The Hall–Kier alpha value is -4.70. The van der Waals surface area contributed by atoms with Crippen LogP contribution in [0.1, 0.15) is 17.7 Å². The fourth-order valence-corrected chi connectivity index (χ4v) is 5.20. The summed E-state index contributed by atoms with van der Waals surface area (Å²) in [6, 6.07) is 26.1. The number of ether oxygens (including phenoxy) is 2. The van der Waals surface area contributed by atoms with Gasteiger partial charge in [-0.25, -0.2) is 4.98 Å². The van der Waals surface area contributed by atoms with Gasteiger partial charge in [0, 0.05) is 29.5 Å². The molecule has 0 aliphatic rings. The second-order valence-corrected chi connectivity index (χ2v) is 10.1. The van der Waals surface area contributed by atoms with E-state index >= 15 is 0 Å². The van der Waals surface area contributed by atoms with Gasteiger partial charge in [-0.15, -0.1) is 10.2 Å². The maximum absolute atomic E-state index is 6.06. The Bertz CT molecular complexity index is 1670. The highest BCUT2D eigenvalue weighted by Gasteiger charge is 2.10. The largest absolute Gasteiger partial charge is 0.493 e. The normalized spacial score (nSPS) is 11.1. The third-order valence-corrected chi connectivity index (χ3v) is 7.33. The molecule has 0 bridgehead atoms. The zero-order valence-electron chi connectivity index (χ0n) is 21.9. The maximum atomic E-state index is 6.06. The lowest BCUT2D eigenvalue weighted by molar-refractivity contribution is 0.246. The lowest BCUT2D eigenvalue weighted by Gasteiger charge is -2.12. The van der Waals surface area contributed by atoms with Gasteiger partial charge in [0.05, 0.1) is 29.9 Å². The number of aromatic nitrogens is 7. The van der Waals surface area contributed by atoms with E-state index in [0.717, 1.165) is 62.1 Å². The molecular weight excluding hydrogens is 522 g/mol. The van der Waals surface area contributed by atoms with E-state index < -0.39 is 0 Å². The van der Waals surface area contributed by atoms with Crippen LogP contribution in [0.2, 0.25) is 0 Å². The summed E-state index contributed by atoms with van der Waals surface area (Å²) >= 11 is 1.64. The molecule has 200 valence electrons. The molecule has 0 spiro atoms. The molecule has 10 heteroatoms. The van der Waals surface area contributed by atoms with Crippen LogP contribution in [0.4, 0.5) is 0 Å². The number of imidazole rings is 1. The van der Waals surface area contributed by atoms with E-state index in [1.54, 1.807) is 18.0 Å². The molecule has 0 fully saturated rings. The molecule has 2 N–H and O–H groups in total. The number of thioether (sulfide) groups is 1. The summed E-state index contributed by atoms with van der Waals surface area (Å²) in [6.07, 6.45) is 2.56. The zero-order valence-corrected chi connectivity index (χ0v) is 22.7. The summed E-state index contributed by atoms with van der Waals surface area (Å²) < 4.78 is 12.0. The molecule has 0 radical (unpaired) electrons. The second kappa shape index (κ2) is 12.0. The average molecular weight is 550 g/mol. The molecule has 3 aromatic heterocycles. The number of hydrogen-bond donors (Lipinski definition) is 2. The standard InChI is InChI=1S/C30H27N7O2S/c1-20-27(19-40-30-32-25-8-2-3-9-26(25)33-30)31-15-14-28(20)39-17-5-16-38-24-12-10-21(11-13-24)22-6-4-7-23(18-22)29-34-36-37-35-29/h2-4,6-15,18H,5,16-17,19H2,1H3,(H,32,33)(H,34,35,36,37). The number of aromatic amines is 2. The van der Waals surface area contributed by atoms with Gasteiger partial charge >= 0.3 is 0 Å². The van der Waals surface area contributed by atoms with Crippen LogP contribution in [-0.4, -0.2) is 48.8 Å². The summed E-state index contributed by atoms with van der Waals surface area (Å²) in [7, 11) is 0. The van der Waals surface area contributed by atoms with Gasteiger partial charge in [0.15, 0.2) is 5.16 Å². The molecule has 3 heterocycles. The third kappa shape index (κ3) is 5.97. The molecule has 0 saturated carbocycles. The van der Waals surface area contributed by atoms with Gasteiger partial charge in [0.2, 0.25) is 5.82 Å². The average Bonchev–Trinajstić information content (AvgIpc) is 3.68. The Morgan fingerprint density at radius 1 is 0.850 bits per heavy atom.